The molecular weight excluding hydrogens is 194 g/mol. The number of methoxy groups -OCH3 is 1. The van der Waals surface area contributed by atoms with Crippen molar-refractivity contribution in [3.05, 3.63) is 0 Å². The SMILES string of the molecule is CCCC(C)(C)CNC(=O)CC(=O)OC. The van der Waals surface area contributed by atoms with Crippen LogP contribution < -0.4 is 5.32 Å². The minimum atomic E-state index is -0.499. The van der Waals surface area contributed by atoms with Crippen molar-refractivity contribution in [1.29, 1.82) is 0 Å². The zero-order valence-corrected chi connectivity index (χ0v) is 10.1. The number of hydrogen-bond acceptors (Lipinski definition) is 3. The average Bonchev–Trinajstić information content (AvgIpc) is 2.15. The second-order valence-corrected chi connectivity index (χ2v) is 4.44. The molecule has 0 aliphatic rings. The van der Waals surface area contributed by atoms with E-state index in [9.17, 15) is 9.59 Å². The largest absolute Gasteiger partial charge is 0.469 e. The van der Waals surface area contributed by atoms with Crippen molar-refractivity contribution in [2.24, 2.45) is 5.41 Å². The van der Waals surface area contributed by atoms with E-state index in [4.69, 9.17) is 0 Å². The normalized spacial score (nSPS) is 10.9. The molecule has 4 nitrogen and oxygen atoms in total. The highest BCUT2D eigenvalue weighted by Crippen LogP contribution is 2.20. The van der Waals surface area contributed by atoms with Crippen LogP contribution in [0.2, 0.25) is 0 Å². The van der Waals surface area contributed by atoms with E-state index in [0.717, 1.165) is 12.8 Å². The van der Waals surface area contributed by atoms with Crippen LogP contribution in [0.25, 0.3) is 0 Å². The maximum atomic E-state index is 11.3. The number of hydrogen-bond donors (Lipinski definition) is 1. The van der Waals surface area contributed by atoms with Crippen LogP contribution in [0.5, 0.6) is 0 Å². The van der Waals surface area contributed by atoms with Crippen molar-refractivity contribution in [2.75, 3.05) is 13.7 Å². The first-order chi connectivity index (χ1) is 6.91. The van der Waals surface area contributed by atoms with E-state index in [2.05, 4.69) is 30.8 Å². The van der Waals surface area contributed by atoms with E-state index in [-0.39, 0.29) is 17.7 Å². The maximum Gasteiger partial charge on any atom is 0.315 e. The summed E-state index contributed by atoms with van der Waals surface area (Å²) in [5, 5.41) is 2.73. The van der Waals surface area contributed by atoms with Crippen LogP contribution >= 0.6 is 0 Å². The zero-order chi connectivity index (χ0) is 11.9. The first-order valence-electron chi connectivity index (χ1n) is 5.25. The van der Waals surface area contributed by atoms with Gasteiger partial charge in [0.05, 0.1) is 7.11 Å². The van der Waals surface area contributed by atoms with Crippen LogP contribution in [0.3, 0.4) is 0 Å². The third-order valence-electron chi connectivity index (χ3n) is 2.22. The molecule has 0 aromatic heterocycles. The second kappa shape index (κ2) is 6.43. The Balaban J connectivity index is 3.84. The number of carbonyl (C=O) groups is 2. The number of esters is 1. The van der Waals surface area contributed by atoms with Gasteiger partial charge in [-0.3, -0.25) is 9.59 Å². The van der Waals surface area contributed by atoms with Crippen molar-refractivity contribution in [1.82, 2.24) is 5.32 Å². The smallest absolute Gasteiger partial charge is 0.315 e. The quantitative estimate of drug-likeness (QED) is 0.539. The fraction of sp³-hybridized carbons (Fsp3) is 0.818. The molecule has 0 spiro atoms. The maximum absolute atomic E-state index is 11.3. The predicted molar refractivity (Wildman–Crippen MR) is 58.3 cm³/mol. The van der Waals surface area contributed by atoms with Crippen LogP contribution in [0.15, 0.2) is 0 Å². The number of nitrogens with one attached hydrogen (secondary N) is 1. The van der Waals surface area contributed by atoms with Crippen LogP contribution in [-0.2, 0) is 14.3 Å². The summed E-state index contributed by atoms with van der Waals surface area (Å²) >= 11 is 0. The minimum absolute atomic E-state index is 0.0839. The molecule has 1 N–H and O–H groups in total. The molecular formula is C11H21NO3. The molecule has 0 aromatic rings. The minimum Gasteiger partial charge on any atom is -0.469 e. The first kappa shape index (κ1) is 13.9. The monoisotopic (exact) mass is 215 g/mol. The van der Waals surface area contributed by atoms with E-state index in [1.165, 1.54) is 7.11 Å². The fourth-order valence-electron chi connectivity index (χ4n) is 1.37. The molecule has 0 aromatic carbocycles. The van der Waals surface area contributed by atoms with Crippen molar-refractivity contribution < 1.29 is 14.3 Å². The summed E-state index contributed by atoms with van der Waals surface area (Å²) in [6.07, 6.45) is 1.93. The summed E-state index contributed by atoms with van der Waals surface area (Å²) in [6.45, 7) is 6.89. The standard InChI is InChI=1S/C11H21NO3/c1-5-6-11(2,3)8-12-9(13)7-10(14)15-4/h5-8H2,1-4H3,(H,12,13). The van der Waals surface area contributed by atoms with Gasteiger partial charge in [-0.2, -0.15) is 0 Å². The van der Waals surface area contributed by atoms with Gasteiger partial charge in [-0.1, -0.05) is 27.2 Å². The molecule has 0 saturated heterocycles. The van der Waals surface area contributed by atoms with Gasteiger partial charge >= 0.3 is 5.97 Å². The van der Waals surface area contributed by atoms with E-state index in [0.29, 0.717) is 6.54 Å². The summed E-state index contributed by atoms with van der Waals surface area (Å²) in [6, 6.07) is 0. The lowest BCUT2D eigenvalue weighted by Gasteiger charge is -2.24. The van der Waals surface area contributed by atoms with Crippen LogP contribution in [0, 0.1) is 5.41 Å². The summed E-state index contributed by atoms with van der Waals surface area (Å²) < 4.78 is 4.40. The molecule has 0 saturated carbocycles. The number of amides is 1. The van der Waals surface area contributed by atoms with Gasteiger partial charge in [-0.05, 0) is 11.8 Å². The highest BCUT2D eigenvalue weighted by molar-refractivity contribution is 5.94. The first-order valence-corrected chi connectivity index (χ1v) is 5.25. The van der Waals surface area contributed by atoms with Gasteiger partial charge in [0, 0.05) is 6.54 Å². The molecule has 4 heteroatoms. The summed E-state index contributed by atoms with van der Waals surface area (Å²) in [7, 11) is 1.27. The van der Waals surface area contributed by atoms with E-state index >= 15 is 0 Å². The lowest BCUT2D eigenvalue weighted by molar-refractivity contribution is -0.143. The van der Waals surface area contributed by atoms with Crippen molar-refractivity contribution in [3.8, 4) is 0 Å². The van der Waals surface area contributed by atoms with E-state index in [1.807, 2.05) is 0 Å². The number of rotatable bonds is 6. The Hall–Kier alpha value is -1.06. The third-order valence-corrected chi connectivity index (χ3v) is 2.22. The van der Waals surface area contributed by atoms with Gasteiger partial charge in [0.1, 0.15) is 6.42 Å². The highest BCUT2D eigenvalue weighted by atomic mass is 16.5. The topological polar surface area (TPSA) is 55.4 Å². The highest BCUT2D eigenvalue weighted by Gasteiger charge is 2.18. The molecule has 1 amide bonds. The Kier molecular flexibility index (Phi) is 5.97. The molecule has 0 unspecified atom stereocenters. The Morgan fingerprint density at radius 1 is 1.33 bits per heavy atom. The molecule has 15 heavy (non-hydrogen) atoms. The number of ether oxygens (including phenoxy) is 1. The molecule has 0 bridgehead atoms. The van der Waals surface area contributed by atoms with Gasteiger partial charge in [0.15, 0.2) is 0 Å². The molecule has 88 valence electrons. The van der Waals surface area contributed by atoms with Gasteiger partial charge in [0.2, 0.25) is 5.91 Å². The van der Waals surface area contributed by atoms with Crippen LogP contribution in [-0.4, -0.2) is 25.5 Å². The molecule has 0 aliphatic heterocycles. The van der Waals surface area contributed by atoms with Crippen molar-refractivity contribution in [2.45, 2.75) is 40.0 Å². The second-order valence-electron chi connectivity index (χ2n) is 4.44. The summed E-state index contributed by atoms with van der Waals surface area (Å²) in [4.78, 5) is 22.0. The Bertz CT molecular complexity index is 224. The predicted octanol–water partition coefficient (Wildman–Crippen LogP) is 1.49. The molecule has 0 heterocycles. The van der Waals surface area contributed by atoms with Crippen LogP contribution in [0.4, 0.5) is 0 Å². The van der Waals surface area contributed by atoms with Crippen LogP contribution in [0.1, 0.15) is 40.0 Å². The molecule has 0 aliphatic carbocycles. The van der Waals surface area contributed by atoms with E-state index in [1.54, 1.807) is 0 Å². The molecule has 0 rings (SSSR count). The molecule has 0 radical (unpaired) electrons. The molecule has 0 fully saturated rings. The fourth-order valence-corrected chi connectivity index (χ4v) is 1.37. The van der Waals surface area contributed by atoms with Gasteiger partial charge in [-0.25, -0.2) is 0 Å². The number of carbonyl (C=O) groups excluding carboxylic acids is 2. The zero-order valence-electron chi connectivity index (χ0n) is 10.1. The summed E-state index contributed by atoms with van der Waals surface area (Å²) in [5.41, 5.74) is 0.0839. The molecule has 0 atom stereocenters. The average molecular weight is 215 g/mol. The van der Waals surface area contributed by atoms with E-state index < -0.39 is 5.97 Å². The Labute approximate surface area is 91.4 Å². The Morgan fingerprint density at radius 2 is 1.93 bits per heavy atom. The lowest BCUT2D eigenvalue weighted by atomic mass is 9.88. The summed E-state index contributed by atoms with van der Waals surface area (Å²) in [5.74, 6) is -0.771. The van der Waals surface area contributed by atoms with Gasteiger partial charge in [0.25, 0.3) is 0 Å². The Morgan fingerprint density at radius 3 is 2.40 bits per heavy atom. The van der Waals surface area contributed by atoms with Gasteiger partial charge < -0.3 is 10.1 Å². The van der Waals surface area contributed by atoms with Crippen molar-refractivity contribution in [3.63, 3.8) is 0 Å². The van der Waals surface area contributed by atoms with Crippen molar-refractivity contribution >= 4 is 11.9 Å². The lowest BCUT2D eigenvalue weighted by Crippen LogP contribution is -2.35. The third kappa shape index (κ3) is 6.94. The van der Waals surface area contributed by atoms with Gasteiger partial charge in [-0.15, -0.1) is 0 Å².